The summed E-state index contributed by atoms with van der Waals surface area (Å²) < 4.78 is 0.951. The third-order valence-corrected chi connectivity index (χ3v) is 6.93. The lowest BCUT2D eigenvalue weighted by molar-refractivity contribution is -0.119. The van der Waals surface area contributed by atoms with E-state index in [1.807, 2.05) is 24.4 Å². The van der Waals surface area contributed by atoms with Gasteiger partial charge in [0.05, 0.1) is 6.42 Å². The lowest BCUT2D eigenvalue weighted by atomic mass is 9.90. The molecule has 0 unspecified atom stereocenters. The number of halogens is 1. The third-order valence-electron chi connectivity index (χ3n) is 6.44. The Hall–Kier alpha value is -2.66. The van der Waals surface area contributed by atoms with Crippen molar-refractivity contribution in [2.75, 3.05) is 18.0 Å². The van der Waals surface area contributed by atoms with Crippen LogP contribution in [0.4, 0.5) is 5.69 Å². The molecule has 2 aliphatic heterocycles. The van der Waals surface area contributed by atoms with Crippen molar-refractivity contribution in [2.24, 2.45) is 0 Å². The van der Waals surface area contributed by atoms with Gasteiger partial charge in [0.25, 0.3) is 0 Å². The third kappa shape index (κ3) is 2.50. The van der Waals surface area contributed by atoms with Crippen LogP contribution in [-0.2, 0) is 22.4 Å². The van der Waals surface area contributed by atoms with Crippen LogP contribution in [0.5, 0.6) is 0 Å². The van der Waals surface area contributed by atoms with Gasteiger partial charge < -0.3 is 9.88 Å². The molecule has 5 heteroatoms. The molecule has 0 fully saturated rings. The minimum atomic E-state index is -0.0818. The zero-order valence-electron chi connectivity index (χ0n) is 15.8. The average molecular weight is 447 g/mol. The summed E-state index contributed by atoms with van der Waals surface area (Å²) in [6.07, 6.45) is 5.02. The number of H-pyrrole nitrogens is 1. The smallest absolute Gasteiger partial charge is 0.172 e. The van der Waals surface area contributed by atoms with Crippen LogP contribution in [0.15, 0.2) is 41.0 Å². The van der Waals surface area contributed by atoms with Gasteiger partial charge in [-0.15, -0.1) is 0 Å². The number of rotatable bonds is 2. The minimum Gasteiger partial charge on any atom is -0.371 e. The number of Topliss-reactive ketones (excluding diaryl/α,β-unsaturated/α-hetero) is 2. The molecule has 2 aromatic carbocycles. The molecule has 0 saturated carbocycles. The Kier molecular flexibility index (Phi) is 3.66. The van der Waals surface area contributed by atoms with E-state index in [0.29, 0.717) is 11.1 Å². The van der Waals surface area contributed by atoms with E-state index in [-0.39, 0.29) is 18.0 Å². The standard InChI is InChI=1S/C24H19BrN2O2/c25-16-3-4-19-17(10-16)18(12-26-19)23-21(29)11-20(28)22(23)15-8-13-2-1-6-27-7-5-14(9-15)24(13)27/h3-4,8-10,12,26H,1-2,5-7,11H2. The number of carbonyl (C=O) groups excluding carboxylic acids is 2. The quantitative estimate of drug-likeness (QED) is 0.580. The predicted octanol–water partition coefficient (Wildman–Crippen LogP) is 4.69. The van der Waals surface area contributed by atoms with Crippen molar-refractivity contribution in [2.45, 2.75) is 25.7 Å². The molecule has 0 amide bonds. The Balaban J connectivity index is 1.60. The lowest BCUT2D eigenvalue weighted by Gasteiger charge is -2.27. The van der Waals surface area contributed by atoms with Crippen LogP contribution in [-0.4, -0.2) is 29.6 Å². The predicted molar refractivity (Wildman–Crippen MR) is 118 cm³/mol. The molecule has 29 heavy (non-hydrogen) atoms. The summed E-state index contributed by atoms with van der Waals surface area (Å²) in [5.74, 6) is -0.145. The number of fused-ring (bicyclic) bond motifs is 1. The number of nitrogens with zero attached hydrogens (tertiary/aromatic N) is 1. The number of aromatic nitrogens is 1. The fourth-order valence-corrected chi connectivity index (χ4v) is 5.60. The SMILES string of the molecule is O=C1CC(=O)C(c2c[nH]c3ccc(Br)cc23)=C1c1cc2c3c(c1)CCN3CCC2. The monoisotopic (exact) mass is 446 g/mol. The first-order valence-corrected chi connectivity index (χ1v) is 10.9. The van der Waals surface area contributed by atoms with Crippen LogP contribution >= 0.6 is 15.9 Å². The van der Waals surface area contributed by atoms with Crippen LogP contribution in [0.3, 0.4) is 0 Å². The maximum absolute atomic E-state index is 13.0. The van der Waals surface area contributed by atoms with Gasteiger partial charge in [-0.1, -0.05) is 15.9 Å². The molecular weight excluding hydrogens is 428 g/mol. The van der Waals surface area contributed by atoms with Gasteiger partial charge in [-0.25, -0.2) is 0 Å². The lowest BCUT2D eigenvalue weighted by Crippen LogP contribution is -2.26. The Morgan fingerprint density at radius 2 is 1.72 bits per heavy atom. The summed E-state index contributed by atoms with van der Waals surface area (Å²) in [5, 5.41) is 0.962. The summed E-state index contributed by atoms with van der Waals surface area (Å²) >= 11 is 3.53. The van der Waals surface area contributed by atoms with Gasteiger partial charge in [-0.2, -0.15) is 0 Å². The largest absolute Gasteiger partial charge is 0.371 e. The van der Waals surface area contributed by atoms with Crippen molar-refractivity contribution in [3.63, 3.8) is 0 Å². The first-order chi connectivity index (χ1) is 14.1. The molecule has 0 radical (unpaired) electrons. The fraction of sp³-hybridized carbons (Fsp3) is 0.250. The highest BCUT2D eigenvalue weighted by Gasteiger charge is 2.35. The molecule has 144 valence electrons. The normalized spacial score (nSPS) is 18.3. The molecule has 3 heterocycles. The number of hydrogen-bond donors (Lipinski definition) is 1. The van der Waals surface area contributed by atoms with Gasteiger partial charge in [0, 0.05) is 57.1 Å². The molecule has 3 aromatic rings. The van der Waals surface area contributed by atoms with E-state index < -0.39 is 0 Å². The van der Waals surface area contributed by atoms with Gasteiger partial charge in [-0.3, -0.25) is 9.59 Å². The van der Waals surface area contributed by atoms with E-state index in [1.54, 1.807) is 0 Å². The van der Waals surface area contributed by atoms with E-state index in [0.717, 1.165) is 58.9 Å². The van der Waals surface area contributed by atoms with Gasteiger partial charge in [-0.05, 0) is 66.3 Å². The van der Waals surface area contributed by atoms with Crippen LogP contribution in [0.2, 0.25) is 0 Å². The van der Waals surface area contributed by atoms with Crippen molar-refractivity contribution in [1.29, 1.82) is 0 Å². The van der Waals surface area contributed by atoms with Crippen molar-refractivity contribution in [3.8, 4) is 0 Å². The number of nitrogens with one attached hydrogen (secondary N) is 1. The molecule has 0 spiro atoms. The van der Waals surface area contributed by atoms with Crippen molar-refractivity contribution < 1.29 is 9.59 Å². The molecule has 1 N–H and O–H groups in total. The molecule has 6 rings (SSSR count). The number of aromatic amines is 1. The number of anilines is 1. The highest BCUT2D eigenvalue weighted by molar-refractivity contribution is 9.10. The van der Waals surface area contributed by atoms with Crippen LogP contribution < -0.4 is 4.90 Å². The van der Waals surface area contributed by atoms with Gasteiger partial charge in [0.15, 0.2) is 11.6 Å². The van der Waals surface area contributed by atoms with Crippen LogP contribution in [0.1, 0.15) is 35.1 Å². The fourth-order valence-electron chi connectivity index (χ4n) is 5.23. The second-order valence-electron chi connectivity index (χ2n) is 8.15. The Morgan fingerprint density at radius 1 is 0.931 bits per heavy atom. The van der Waals surface area contributed by atoms with Crippen molar-refractivity contribution >= 4 is 55.2 Å². The highest BCUT2D eigenvalue weighted by atomic mass is 79.9. The summed E-state index contributed by atoms with van der Waals surface area (Å²) in [6, 6.07) is 10.3. The Labute approximate surface area is 176 Å². The molecule has 1 aliphatic carbocycles. The minimum absolute atomic E-state index is 0.0378. The Bertz CT molecular complexity index is 1270. The van der Waals surface area contributed by atoms with E-state index in [1.165, 1.54) is 16.8 Å². The summed E-state index contributed by atoms with van der Waals surface area (Å²) in [6.45, 7) is 2.18. The zero-order valence-corrected chi connectivity index (χ0v) is 17.4. The van der Waals surface area contributed by atoms with Gasteiger partial charge >= 0.3 is 0 Å². The first-order valence-electron chi connectivity index (χ1n) is 10.1. The second-order valence-corrected chi connectivity index (χ2v) is 9.06. The number of aryl methyl sites for hydroxylation is 1. The number of carbonyl (C=O) groups is 2. The first kappa shape index (κ1) is 17.2. The van der Waals surface area contributed by atoms with E-state index >= 15 is 0 Å². The Morgan fingerprint density at radius 3 is 2.59 bits per heavy atom. The molecule has 3 aliphatic rings. The molecule has 1 aromatic heterocycles. The molecule has 0 bridgehead atoms. The number of hydrogen-bond acceptors (Lipinski definition) is 3. The maximum Gasteiger partial charge on any atom is 0.172 e. The molecule has 0 atom stereocenters. The van der Waals surface area contributed by atoms with Crippen molar-refractivity contribution in [1.82, 2.24) is 4.98 Å². The summed E-state index contributed by atoms with van der Waals surface area (Å²) in [5.41, 5.74) is 7.87. The average Bonchev–Trinajstić information content (AvgIpc) is 3.38. The molecular formula is C24H19BrN2O2. The van der Waals surface area contributed by atoms with E-state index in [9.17, 15) is 9.59 Å². The van der Waals surface area contributed by atoms with Crippen LogP contribution in [0.25, 0.3) is 22.0 Å². The zero-order chi connectivity index (χ0) is 19.7. The van der Waals surface area contributed by atoms with Gasteiger partial charge in [0.2, 0.25) is 0 Å². The van der Waals surface area contributed by atoms with Gasteiger partial charge in [0.1, 0.15) is 0 Å². The highest BCUT2D eigenvalue weighted by Crippen LogP contribution is 2.43. The number of benzene rings is 2. The van der Waals surface area contributed by atoms with E-state index in [2.05, 4.69) is 37.9 Å². The summed E-state index contributed by atoms with van der Waals surface area (Å²) in [4.78, 5) is 31.6. The number of ketones is 2. The van der Waals surface area contributed by atoms with E-state index in [4.69, 9.17) is 0 Å². The maximum atomic E-state index is 13.0. The van der Waals surface area contributed by atoms with Crippen molar-refractivity contribution in [3.05, 3.63) is 63.3 Å². The second kappa shape index (κ2) is 6.17. The topological polar surface area (TPSA) is 53.2 Å². The molecule has 4 nitrogen and oxygen atoms in total. The number of allylic oxidation sites excluding steroid dienone is 2. The summed E-state index contributed by atoms with van der Waals surface area (Å²) in [7, 11) is 0. The molecule has 0 saturated heterocycles. The van der Waals surface area contributed by atoms with Crippen LogP contribution in [0, 0.1) is 0 Å².